The van der Waals surface area contributed by atoms with E-state index >= 15 is 0 Å². The number of hydrogen-bond acceptors (Lipinski definition) is 3. The van der Waals surface area contributed by atoms with E-state index in [4.69, 9.17) is 4.74 Å². The van der Waals surface area contributed by atoms with Crippen LogP contribution in [0.1, 0.15) is 22.7 Å². The number of aryl methyl sites for hydroxylation is 2. The summed E-state index contributed by atoms with van der Waals surface area (Å²) in [6, 6.07) is 7.26. The molecule has 2 aromatic rings. The first kappa shape index (κ1) is 19.4. The minimum atomic E-state index is -1.16. The Balaban J connectivity index is 2.07. The summed E-state index contributed by atoms with van der Waals surface area (Å²) >= 11 is 0. The lowest BCUT2D eigenvalue weighted by molar-refractivity contribution is -0.129. The van der Waals surface area contributed by atoms with E-state index in [1.54, 1.807) is 12.1 Å². The third-order valence-corrected chi connectivity index (χ3v) is 3.94. The maximum atomic E-state index is 13.4. The average Bonchev–Trinajstić information content (AvgIpc) is 2.62. The van der Waals surface area contributed by atoms with Gasteiger partial charge in [-0.05, 0) is 54.8 Å². The number of ether oxygens (including phenoxy) is 1. The predicted octanol–water partition coefficient (Wildman–Crippen LogP) is 2.56. The van der Waals surface area contributed by atoms with E-state index in [9.17, 15) is 18.4 Å². The van der Waals surface area contributed by atoms with Crippen LogP contribution in [0.25, 0.3) is 0 Å². The lowest BCUT2D eigenvalue weighted by Crippen LogP contribution is -2.41. The molecule has 0 bridgehead atoms. The zero-order chi connectivity index (χ0) is 19.3. The molecule has 26 heavy (non-hydrogen) atoms. The second kappa shape index (κ2) is 8.42. The molecule has 0 aliphatic rings. The maximum absolute atomic E-state index is 13.4. The topological polar surface area (TPSA) is 67.4 Å². The van der Waals surface area contributed by atoms with Gasteiger partial charge in [0.1, 0.15) is 11.8 Å². The molecular formula is C19H20F2N2O3. The molecular weight excluding hydrogens is 342 g/mol. The van der Waals surface area contributed by atoms with Crippen LogP contribution in [0.4, 0.5) is 8.78 Å². The Morgan fingerprint density at radius 3 is 2.38 bits per heavy atom. The summed E-state index contributed by atoms with van der Waals surface area (Å²) in [6.07, 6.45) is 0. The van der Waals surface area contributed by atoms with E-state index in [-0.39, 0.29) is 12.2 Å². The van der Waals surface area contributed by atoms with Gasteiger partial charge in [0, 0.05) is 7.05 Å². The highest BCUT2D eigenvalue weighted by molar-refractivity contribution is 5.89. The van der Waals surface area contributed by atoms with Crippen LogP contribution < -0.4 is 15.4 Å². The molecule has 0 aliphatic heterocycles. The van der Waals surface area contributed by atoms with Crippen molar-refractivity contribution < 1.29 is 23.1 Å². The second-order valence-electron chi connectivity index (χ2n) is 5.82. The number of nitrogens with one attached hydrogen (secondary N) is 2. The zero-order valence-corrected chi connectivity index (χ0v) is 14.7. The van der Waals surface area contributed by atoms with Gasteiger partial charge in [0.25, 0.3) is 5.91 Å². The first-order chi connectivity index (χ1) is 12.3. The Kier molecular flexibility index (Phi) is 6.27. The van der Waals surface area contributed by atoms with Gasteiger partial charge in [0.15, 0.2) is 18.2 Å². The third kappa shape index (κ3) is 4.78. The van der Waals surface area contributed by atoms with Gasteiger partial charge in [-0.2, -0.15) is 0 Å². The molecule has 0 radical (unpaired) electrons. The molecule has 138 valence electrons. The molecule has 2 aromatic carbocycles. The van der Waals surface area contributed by atoms with Crippen molar-refractivity contribution in [2.75, 3.05) is 13.7 Å². The van der Waals surface area contributed by atoms with E-state index in [1.165, 1.54) is 13.1 Å². The van der Waals surface area contributed by atoms with Crippen LogP contribution in [0.5, 0.6) is 5.75 Å². The molecule has 2 N–H and O–H groups in total. The minimum absolute atomic E-state index is 0.128. The largest absolute Gasteiger partial charge is 0.484 e. The van der Waals surface area contributed by atoms with Crippen LogP contribution >= 0.6 is 0 Å². The fourth-order valence-corrected chi connectivity index (χ4v) is 2.29. The van der Waals surface area contributed by atoms with Gasteiger partial charge in [-0.15, -0.1) is 0 Å². The van der Waals surface area contributed by atoms with Crippen LogP contribution in [-0.2, 0) is 9.59 Å². The summed E-state index contributed by atoms with van der Waals surface area (Å²) in [5.74, 6) is -2.74. The number of hydrogen-bond donors (Lipinski definition) is 2. The van der Waals surface area contributed by atoms with Crippen molar-refractivity contribution in [1.82, 2.24) is 10.6 Å². The molecule has 0 heterocycles. The number of amides is 2. The Bertz CT molecular complexity index is 824. The smallest absolute Gasteiger partial charge is 0.258 e. The van der Waals surface area contributed by atoms with Crippen molar-refractivity contribution >= 4 is 11.8 Å². The van der Waals surface area contributed by atoms with Crippen LogP contribution in [-0.4, -0.2) is 25.5 Å². The Labute approximate surface area is 150 Å². The Hall–Kier alpha value is -2.96. The van der Waals surface area contributed by atoms with Crippen molar-refractivity contribution in [3.05, 3.63) is 64.7 Å². The van der Waals surface area contributed by atoms with E-state index < -0.39 is 29.5 Å². The summed E-state index contributed by atoms with van der Waals surface area (Å²) < 4.78 is 32.0. The molecule has 5 nitrogen and oxygen atoms in total. The van der Waals surface area contributed by atoms with Crippen molar-refractivity contribution in [3.63, 3.8) is 0 Å². The van der Waals surface area contributed by atoms with Gasteiger partial charge >= 0.3 is 0 Å². The van der Waals surface area contributed by atoms with Crippen molar-refractivity contribution in [3.8, 4) is 5.75 Å². The normalized spacial score (nSPS) is 11.6. The lowest BCUT2D eigenvalue weighted by atomic mass is 10.1. The Morgan fingerprint density at radius 2 is 1.77 bits per heavy atom. The van der Waals surface area contributed by atoms with Gasteiger partial charge in [-0.1, -0.05) is 12.1 Å². The van der Waals surface area contributed by atoms with Gasteiger partial charge in [-0.3, -0.25) is 9.59 Å². The molecule has 0 saturated carbocycles. The standard InChI is InChI=1S/C19H20F2N2O3/c1-11-4-6-14(8-12(11)2)26-10-17(24)23-18(19(25)22-3)13-5-7-15(20)16(21)9-13/h4-9,18H,10H2,1-3H3,(H,22,25)(H,23,24). The summed E-state index contributed by atoms with van der Waals surface area (Å²) in [6.45, 7) is 3.56. The molecule has 0 spiro atoms. The first-order valence-electron chi connectivity index (χ1n) is 7.97. The van der Waals surface area contributed by atoms with Crippen LogP contribution in [0.2, 0.25) is 0 Å². The van der Waals surface area contributed by atoms with E-state index in [1.807, 2.05) is 19.9 Å². The van der Waals surface area contributed by atoms with Crippen LogP contribution in [0.3, 0.4) is 0 Å². The third-order valence-electron chi connectivity index (χ3n) is 3.94. The second-order valence-corrected chi connectivity index (χ2v) is 5.82. The predicted molar refractivity (Wildman–Crippen MR) is 92.7 cm³/mol. The minimum Gasteiger partial charge on any atom is -0.484 e. The number of carbonyl (C=O) groups excluding carboxylic acids is 2. The quantitative estimate of drug-likeness (QED) is 0.830. The van der Waals surface area contributed by atoms with Gasteiger partial charge in [0.2, 0.25) is 5.91 Å². The van der Waals surface area contributed by atoms with Gasteiger partial charge in [-0.25, -0.2) is 8.78 Å². The molecule has 2 amide bonds. The number of likely N-dealkylation sites (N-methyl/N-ethyl adjacent to an activating group) is 1. The molecule has 0 aromatic heterocycles. The maximum Gasteiger partial charge on any atom is 0.258 e. The van der Waals surface area contributed by atoms with Gasteiger partial charge in [0.05, 0.1) is 0 Å². The fraction of sp³-hybridized carbons (Fsp3) is 0.263. The molecule has 0 saturated heterocycles. The number of benzene rings is 2. The lowest BCUT2D eigenvalue weighted by Gasteiger charge is -2.18. The molecule has 0 aliphatic carbocycles. The van der Waals surface area contributed by atoms with Gasteiger partial charge < -0.3 is 15.4 Å². The van der Waals surface area contributed by atoms with Crippen molar-refractivity contribution in [2.24, 2.45) is 0 Å². The highest BCUT2D eigenvalue weighted by Crippen LogP contribution is 2.18. The molecule has 1 unspecified atom stereocenters. The summed E-state index contributed by atoms with van der Waals surface area (Å²) in [5.41, 5.74) is 2.25. The molecule has 2 rings (SSSR count). The summed E-state index contributed by atoms with van der Waals surface area (Å²) in [7, 11) is 1.38. The Morgan fingerprint density at radius 1 is 1.04 bits per heavy atom. The first-order valence-corrected chi connectivity index (χ1v) is 7.97. The van der Waals surface area contributed by atoms with Crippen molar-refractivity contribution in [1.29, 1.82) is 0 Å². The van der Waals surface area contributed by atoms with E-state index in [2.05, 4.69) is 10.6 Å². The van der Waals surface area contributed by atoms with Crippen LogP contribution in [0.15, 0.2) is 36.4 Å². The number of halogens is 2. The molecule has 1 atom stereocenters. The monoisotopic (exact) mass is 362 g/mol. The van der Waals surface area contributed by atoms with Crippen molar-refractivity contribution in [2.45, 2.75) is 19.9 Å². The van der Waals surface area contributed by atoms with Crippen LogP contribution in [0, 0.1) is 25.5 Å². The van der Waals surface area contributed by atoms with E-state index in [0.717, 1.165) is 23.3 Å². The highest BCUT2D eigenvalue weighted by Gasteiger charge is 2.23. The summed E-state index contributed by atoms with van der Waals surface area (Å²) in [4.78, 5) is 24.2. The molecule has 0 fully saturated rings. The van der Waals surface area contributed by atoms with E-state index in [0.29, 0.717) is 5.75 Å². The number of carbonyl (C=O) groups is 2. The highest BCUT2D eigenvalue weighted by atomic mass is 19.2. The summed E-state index contributed by atoms with van der Waals surface area (Å²) in [5, 5.41) is 4.84. The zero-order valence-electron chi connectivity index (χ0n) is 14.7. The average molecular weight is 362 g/mol. The number of rotatable bonds is 6. The fourth-order valence-electron chi connectivity index (χ4n) is 2.29. The SMILES string of the molecule is CNC(=O)C(NC(=O)COc1ccc(C)c(C)c1)c1ccc(F)c(F)c1. The molecule has 7 heteroatoms.